The van der Waals surface area contributed by atoms with Gasteiger partial charge in [0, 0.05) is 36.8 Å². The van der Waals surface area contributed by atoms with Crippen molar-refractivity contribution in [3.8, 4) is 5.69 Å². The Bertz CT molecular complexity index is 1210. The standard InChI is InChI=1S/C23H25ClN4O4S/c1-16(17-4-7-19(8-5-17)28-11-10-25-15-28)27-23(29)18-6-9-21(24)22(13-18)33(30,31)26-14-20-3-2-12-32-20/h4-11,13,15-16,20,26H,2-3,12,14H2,1H3,(H,27,29)/t16-,20+/m0/s1. The maximum atomic E-state index is 12.8. The van der Waals surface area contributed by atoms with Gasteiger partial charge < -0.3 is 14.6 Å². The molecule has 0 aliphatic carbocycles. The number of sulfonamides is 1. The fourth-order valence-electron chi connectivity index (χ4n) is 3.65. The number of nitrogens with one attached hydrogen (secondary N) is 2. The number of amides is 1. The van der Waals surface area contributed by atoms with Crippen LogP contribution in [0.15, 0.2) is 66.1 Å². The van der Waals surface area contributed by atoms with E-state index in [9.17, 15) is 13.2 Å². The first-order chi connectivity index (χ1) is 15.8. The quantitative estimate of drug-likeness (QED) is 0.505. The smallest absolute Gasteiger partial charge is 0.251 e. The van der Waals surface area contributed by atoms with Crippen LogP contribution in [0.5, 0.6) is 0 Å². The molecule has 10 heteroatoms. The molecule has 33 heavy (non-hydrogen) atoms. The van der Waals surface area contributed by atoms with Crippen molar-refractivity contribution in [3.63, 3.8) is 0 Å². The molecule has 1 amide bonds. The molecule has 2 atom stereocenters. The number of carbonyl (C=O) groups is 1. The van der Waals surface area contributed by atoms with Gasteiger partial charge in [0.2, 0.25) is 10.0 Å². The van der Waals surface area contributed by atoms with E-state index in [2.05, 4.69) is 15.0 Å². The lowest BCUT2D eigenvalue weighted by Crippen LogP contribution is -2.32. The van der Waals surface area contributed by atoms with E-state index in [4.69, 9.17) is 16.3 Å². The SMILES string of the molecule is C[C@H](NC(=O)c1ccc(Cl)c(S(=O)(=O)NC[C@H]2CCCO2)c1)c1ccc(-n2ccnc2)cc1. The van der Waals surface area contributed by atoms with E-state index >= 15 is 0 Å². The topological polar surface area (TPSA) is 102 Å². The second-order valence-electron chi connectivity index (χ2n) is 7.89. The molecule has 3 aromatic rings. The van der Waals surface area contributed by atoms with Crippen molar-refractivity contribution < 1.29 is 17.9 Å². The van der Waals surface area contributed by atoms with Gasteiger partial charge in [-0.25, -0.2) is 18.1 Å². The van der Waals surface area contributed by atoms with E-state index in [-0.39, 0.29) is 34.2 Å². The van der Waals surface area contributed by atoms with E-state index in [1.807, 2.05) is 42.0 Å². The molecule has 0 spiro atoms. The predicted octanol–water partition coefficient (Wildman–Crippen LogP) is 3.47. The fraction of sp³-hybridized carbons (Fsp3) is 0.304. The van der Waals surface area contributed by atoms with E-state index in [0.717, 1.165) is 24.1 Å². The van der Waals surface area contributed by atoms with Gasteiger partial charge in [0.25, 0.3) is 5.91 Å². The summed E-state index contributed by atoms with van der Waals surface area (Å²) in [7, 11) is -3.89. The summed E-state index contributed by atoms with van der Waals surface area (Å²) >= 11 is 6.15. The molecule has 0 unspecified atom stereocenters. The Morgan fingerprint density at radius 2 is 2.06 bits per heavy atom. The van der Waals surface area contributed by atoms with Crippen molar-refractivity contribution in [2.24, 2.45) is 0 Å². The van der Waals surface area contributed by atoms with Gasteiger partial charge in [-0.05, 0) is 55.7 Å². The molecule has 0 radical (unpaired) electrons. The summed E-state index contributed by atoms with van der Waals surface area (Å²) in [6.07, 6.45) is 6.83. The number of aromatic nitrogens is 2. The van der Waals surface area contributed by atoms with Gasteiger partial charge in [-0.1, -0.05) is 23.7 Å². The summed E-state index contributed by atoms with van der Waals surface area (Å²) in [5, 5.41) is 2.96. The summed E-state index contributed by atoms with van der Waals surface area (Å²) in [6, 6.07) is 11.7. The highest BCUT2D eigenvalue weighted by Gasteiger charge is 2.24. The molecule has 2 aromatic carbocycles. The van der Waals surface area contributed by atoms with E-state index in [0.29, 0.717) is 6.61 Å². The normalized spacial score (nSPS) is 17.1. The van der Waals surface area contributed by atoms with E-state index in [1.165, 1.54) is 18.2 Å². The highest BCUT2D eigenvalue weighted by molar-refractivity contribution is 7.89. The van der Waals surface area contributed by atoms with Gasteiger partial charge in [0.05, 0.1) is 23.5 Å². The van der Waals surface area contributed by atoms with E-state index in [1.54, 1.807) is 12.5 Å². The summed E-state index contributed by atoms with van der Waals surface area (Å²) in [4.78, 5) is 16.7. The molecule has 1 fully saturated rings. The molecule has 1 aliphatic heterocycles. The zero-order valence-electron chi connectivity index (χ0n) is 18.1. The fourth-order valence-corrected chi connectivity index (χ4v) is 5.24. The second kappa shape index (κ2) is 10.0. The first-order valence-corrected chi connectivity index (χ1v) is 12.5. The number of hydrogen-bond acceptors (Lipinski definition) is 5. The number of carbonyl (C=O) groups excluding carboxylic acids is 1. The summed E-state index contributed by atoms with van der Waals surface area (Å²) < 4.78 is 35.4. The number of hydrogen-bond donors (Lipinski definition) is 2. The highest BCUT2D eigenvalue weighted by Crippen LogP contribution is 2.24. The number of ether oxygens (including phenoxy) is 1. The van der Waals surface area contributed by atoms with Crippen molar-refractivity contribution in [1.82, 2.24) is 19.6 Å². The average Bonchev–Trinajstić information content (AvgIpc) is 3.52. The molecule has 2 N–H and O–H groups in total. The zero-order chi connectivity index (χ0) is 23.4. The number of halogens is 1. The van der Waals surface area contributed by atoms with Gasteiger partial charge in [-0.3, -0.25) is 4.79 Å². The molecular formula is C23H25ClN4O4S. The molecule has 1 aromatic heterocycles. The zero-order valence-corrected chi connectivity index (χ0v) is 19.6. The van der Waals surface area contributed by atoms with Crippen LogP contribution in [0.4, 0.5) is 0 Å². The molecule has 174 valence electrons. The van der Waals surface area contributed by atoms with Gasteiger partial charge in [0.1, 0.15) is 4.90 Å². The lowest BCUT2D eigenvalue weighted by atomic mass is 10.1. The van der Waals surface area contributed by atoms with Crippen molar-refractivity contribution in [2.75, 3.05) is 13.2 Å². The highest BCUT2D eigenvalue weighted by atomic mass is 35.5. The Hall–Kier alpha value is -2.72. The number of imidazole rings is 1. The maximum absolute atomic E-state index is 12.8. The second-order valence-corrected chi connectivity index (χ2v) is 10.0. The predicted molar refractivity (Wildman–Crippen MR) is 125 cm³/mol. The molecular weight excluding hydrogens is 464 g/mol. The van der Waals surface area contributed by atoms with Crippen molar-refractivity contribution in [3.05, 3.63) is 77.3 Å². The Labute approximate surface area is 198 Å². The minimum atomic E-state index is -3.89. The molecule has 1 aliphatic rings. The van der Waals surface area contributed by atoms with Gasteiger partial charge in [0.15, 0.2) is 0 Å². The Kier molecular flexibility index (Phi) is 7.14. The monoisotopic (exact) mass is 488 g/mol. The number of nitrogens with zero attached hydrogens (tertiary/aromatic N) is 2. The molecule has 4 rings (SSSR count). The van der Waals surface area contributed by atoms with Crippen LogP contribution in [-0.4, -0.2) is 43.1 Å². The van der Waals surface area contributed by atoms with Crippen LogP contribution in [0.3, 0.4) is 0 Å². The molecule has 1 saturated heterocycles. The van der Waals surface area contributed by atoms with E-state index < -0.39 is 15.9 Å². The average molecular weight is 489 g/mol. The Balaban J connectivity index is 1.44. The van der Waals surface area contributed by atoms with Crippen LogP contribution in [-0.2, 0) is 14.8 Å². The largest absolute Gasteiger partial charge is 0.377 e. The van der Waals surface area contributed by atoms with Gasteiger partial charge in [-0.15, -0.1) is 0 Å². The number of benzene rings is 2. The Morgan fingerprint density at radius 3 is 2.73 bits per heavy atom. The third-order valence-electron chi connectivity index (χ3n) is 5.55. The van der Waals surface area contributed by atoms with Crippen LogP contribution in [0.1, 0.15) is 41.7 Å². The summed E-state index contributed by atoms with van der Waals surface area (Å²) in [5.41, 5.74) is 2.07. The molecule has 0 bridgehead atoms. The van der Waals surface area contributed by atoms with Crippen LogP contribution in [0, 0.1) is 0 Å². The minimum absolute atomic E-state index is 0.0505. The van der Waals surface area contributed by atoms with Crippen molar-refractivity contribution >= 4 is 27.5 Å². The van der Waals surface area contributed by atoms with Crippen LogP contribution < -0.4 is 10.0 Å². The van der Waals surface area contributed by atoms with Crippen LogP contribution >= 0.6 is 11.6 Å². The van der Waals surface area contributed by atoms with Gasteiger partial charge in [-0.2, -0.15) is 0 Å². The summed E-state index contributed by atoms with van der Waals surface area (Å²) in [5.74, 6) is -0.395. The van der Waals surface area contributed by atoms with Crippen molar-refractivity contribution in [1.29, 1.82) is 0 Å². The molecule has 8 nitrogen and oxygen atoms in total. The summed E-state index contributed by atoms with van der Waals surface area (Å²) in [6.45, 7) is 2.66. The third kappa shape index (κ3) is 5.62. The minimum Gasteiger partial charge on any atom is -0.377 e. The lowest BCUT2D eigenvalue weighted by Gasteiger charge is -2.16. The number of rotatable bonds is 8. The maximum Gasteiger partial charge on any atom is 0.251 e. The van der Waals surface area contributed by atoms with Crippen LogP contribution in [0.25, 0.3) is 5.69 Å². The third-order valence-corrected chi connectivity index (χ3v) is 7.46. The first-order valence-electron chi connectivity index (χ1n) is 10.6. The Morgan fingerprint density at radius 1 is 1.27 bits per heavy atom. The van der Waals surface area contributed by atoms with Crippen LogP contribution in [0.2, 0.25) is 5.02 Å². The first kappa shape index (κ1) is 23.4. The molecule has 0 saturated carbocycles. The van der Waals surface area contributed by atoms with Gasteiger partial charge >= 0.3 is 0 Å². The lowest BCUT2D eigenvalue weighted by molar-refractivity contribution is 0.0939. The van der Waals surface area contributed by atoms with Crippen molar-refractivity contribution in [2.45, 2.75) is 36.8 Å². The molecule has 2 heterocycles.